The Balaban J connectivity index is 1.80. The Hall–Kier alpha value is -2.22. The first-order valence-electron chi connectivity index (χ1n) is 6.62. The van der Waals surface area contributed by atoms with E-state index in [4.69, 9.17) is 5.73 Å². The van der Waals surface area contributed by atoms with Crippen molar-refractivity contribution in [2.75, 3.05) is 18.0 Å². The molecule has 20 heavy (non-hydrogen) atoms. The lowest BCUT2D eigenvalue weighted by atomic mass is 9.95. The zero-order valence-electron chi connectivity index (χ0n) is 11.2. The Labute approximate surface area is 115 Å². The van der Waals surface area contributed by atoms with Crippen LogP contribution in [0.4, 0.5) is 5.95 Å². The second-order valence-electron chi connectivity index (χ2n) is 5.17. The minimum absolute atomic E-state index is 0.136. The lowest BCUT2D eigenvalue weighted by molar-refractivity contribution is 0.376. The van der Waals surface area contributed by atoms with Gasteiger partial charge in [0.1, 0.15) is 5.69 Å². The van der Waals surface area contributed by atoms with E-state index in [0.29, 0.717) is 23.4 Å². The Bertz CT molecular complexity index is 629. The van der Waals surface area contributed by atoms with Gasteiger partial charge in [0, 0.05) is 25.2 Å². The van der Waals surface area contributed by atoms with Gasteiger partial charge in [-0.2, -0.15) is 10.1 Å². The number of piperidine rings is 1. The first kappa shape index (κ1) is 12.8. The zero-order chi connectivity index (χ0) is 14.1. The van der Waals surface area contributed by atoms with E-state index >= 15 is 0 Å². The molecule has 0 bridgehead atoms. The van der Waals surface area contributed by atoms with Gasteiger partial charge in [0.05, 0.1) is 0 Å². The van der Waals surface area contributed by atoms with Crippen molar-refractivity contribution in [1.82, 2.24) is 25.4 Å². The summed E-state index contributed by atoms with van der Waals surface area (Å²) in [5, 5.41) is 13.3. The monoisotopic (exact) mass is 275 g/mol. The van der Waals surface area contributed by atoms with Gasteiger partial charge < -0.3 is 10.6 Å². The zero-order valence-corrected chi connectivity index (χ0v) is 11.2. The number of nitrogens with two attached hydrogens (primary N) is 1. The molecule has 2 aromatic heterocycles. The Morgan fingerprint density at radius 3 is 2.90 bits per heavy atom. The molecule has 3 rings (SSSR count). The average molecular weight is 275 g/mol. The topological polar surface area (TPSA) is 117 Å². The summed E-state index contributed by atoms with van der Waals surface area (Å²) in [6.07, 6.45) is 1.03. The van der Waals surface area contributed by atoms with Crippen LogP contribution in [0.1, 0.15) is 13.3 Å². The highest BCUT2D eigenvalue weighted by Crippen LogP contribution is 2.21. The van der Waals surface area contributed by atoms with E-state index in [-0.39, 0.29) is 11.6 Å². The second kappa shape index (κ2) is 5.04. The minimum atomic E-state index is -0.246. The molecule has 1 saturated heterocycles. The van der Waals surface area contributed by atoms with Crippen LogP contribution in [0.5, 0.6) is 0 Å². The van der Waals surface area contributed by atoms with E-state index in [2.05, 4.69) is 37.2 Å². The number of nitrogens with one attached hydrogen (secondary N) is 2. The van der Waals surface area contributed by atoms with Gasteiger partial charge in [-0.1, -0.05) is 6.92 Å². The molecule has 1 aliphatic rings. The maximum atomic E-state index is 11.0. The summed E-state index contributed by atoms with van der Waals surface area (Å²) in [5.41, 5.74) is 6.39. The number of hydrogen-bond donors (Lipinski definition) is 3. The molecule has 106 valence electrons. The molecule has 0 amide bonds. The number of aromatic amines is 2. The summed E-state index contributed by atoms with van der Waals surface area (Å²) in [7, 11) is 0. The van der Waals surface area contributed by atoms with Gasteiger partial charge in [-0.25, -0.2) is 5.10 Å². The Morgan fingerprint density at radius 1 is 1.35 bits per heavy atom. The average Bonchev–Trinajstić information content (AvgIpc) is 2.92. The second-order valence-corrected chi connectivity index (χ2v) is 5.17. The fourth-order valence-electron chi connectivity index (χ4n) is 2.27. The van der Waals surface area contributed by atoms with Crippen molar-refractivity contribution in [2.24, 2.45) is 11.7 Å². The van der Waals surface area contributed by atoms with Crippen molar-refractivity contribution in [3.63, 3.8) is 0 Å². The van der Waals surface area contributed by atoms with Crippen molar-refractivity contribution < 1.29 is 0 Å². The van der Waals surface area contributed by atoms with Gasteiger partial charge in [-0.3, -0.25) is 9.89 Å². The molecule has 8 nitrogen and oxygen atoms in total. The smallest absolute Gasteiger partial charge is 0.264 e. The van der Waals surface area contributed by atoms with Crippen molar-refractivity contribution in [1.29, 1.82) is 0 Å². The molecule has 8 heteroatoms. The largest absolute Gasteiger partial charge is 0.338 e. The van der Waals surface area contributed by atoms with E-state index in [9.17, 15) is 4.79 Å². The number of nitrogens with zero attached hydrogens (tertiary/aromatic N) is 4. The lowest BCUT2D eigenvalue weighted by Crippen LogP contribution is -2.48. The van der Waals surface area contributed by atoms with Gasteiger partial charge in [-0.05, 0) is 18.4 Å². The first-order valence-corrected chi connectivity index (χ1v) is 6.62. The van der Waals surface area contributed by atoms with Crippen LogP contribution in [0.15, 0.2) is 16.9 Å². The van der Waals surface area contributed by atoms with Gasteiger partial charge >= 0.3 is 0 Å². The number of aromatic nitrogens is 5. The molecule has 0 aliphatic carbocycles. The highest BCUT2D eigenvalue weighted by atomic mass is 16.1. The molecule has 1 aliphatic heterocycles. The lowest BCUT2D eigenvalue weighted by Gasteiger charge is -2.34. The van der Waals surface area contributed by atoms with E-state index < -0.39 is 0 Å². The third-order valence-corrected chi connectivity index (χ3v) is 3.69. The fraction of sp³-hybridized carbons (Fsp3) is 0.500. The van der Waals surface area contributed by atoms with Crippen LogP contribution >= 0.6 is 0 Å². The van der Waals surface area contributed by atoms with E-state index in [1.807, 2.05) is 0 Å². The SMILES string of the molecule is CC1CCN(c2n[nH]c(-c3ccc(=O)[nH]n3)n2)CC1N. The summed E-state index contributed by atoms with van der Waals surface area (Å²) in [4.78, 5) is 17.5. The van der Waals surface area contributed by atoms with Crippen molar-refractivity contribution >= 4 is 5.95 Å². The van der Waals surface area contributed by atoms with Crippen molar-refractivity contribution in [3.05, 3.63) is 22.5 Å². The summed E-state index contributed by atoms with van der Waals surface area (Å²) in [6.45, 7) is 3.80. The number of H-pyrrole nitrogens is 2. The third-order valence-electron chi connectivity index (χ3n) is 3.69. The highest BCUT2D eigenvalue weighted by Gasteiger charge is 2.25. The van der Waals surface area contributed by atoms with Gasteiger partial charge in [0.15, 0.2) is 5.82 Å². The van der Waals surface area contributed by atoms with Crippen LogP contribution in [-0.4, -0.2) is 44.5 Å². The molecular formula is C12H17N7O. The van der Waals surface area contributed by atoms with Crippen LogP contribution in [0.3, 0.4) is 0 Å². The molecule has 2 atom stereocenters. The number of hydrogen-bond acceptors (Lipinski definition) is 6. The Kier molecular flexibility index (Phi) is 3.23. The van der Waals surface area contributed by atoms with Crippen molar-refractivity contribution in [3.8, 4) is 11.5 Å². The quantitative estimate of drug-likeness (QED) is 0.694. The van der Waals surface area contributed by atoms with Gasteiger partial charge in [-0.15, -0.1) is 5.10 Å². The van der Waals surface area contributed by atoms with E-state index in [1.165, 1.54) is 6.07 Å². The molecule has 3 heterocycles. The summed E-state index contributed by atoms with van der Waals surface area (Å²) >= 11 is 0. The molecule has 2 unspecified atom stereocenters. The van der Waals surface area contributed by atoms with Crippen molar-refractivity contribution in [2.45, 2.75) is 19.4 Å². The fourth-order valence-corrected chi connectivity index (χ4v) is 2.27. The standard InChI is InChI=1S/C12H17N7O/c1-7-4-5-19(6-8(7)13)12-14-11(17-18-12)9-2-3-10(20)16-15-9/h2-3,7-8H,4-6,13H2,1H3,(H,16,20)(H,14,17,18). The predicted octanol–water partition coefficient (Wildman–Crippen LogP) is -0.271. The first-order chi connectivity index (χ1) is 9.63. The Morgan fingerprint density at radius 2 is 2.20 bits per heavy atom. The normalized spacial score (nSPS) is 23.0. The number of anilines is 1. The molecule has 2 aromatic rings. The molecule has 0 spiro atoms. The van der Waals surface area contributed by atoms with Gasteiger partial charge in [0.25, 0.3) is 5.56 Å². The van der Waals surface area contributed by atoms with Crippen LogP contribution < -0.4 is 16.2 Å². The molecule has 0 aromatic carbocycles. The summed E-state index contributed by atoms with van der Waals surface area (Å²) in [5.74, 6) is 1.67. The molecule has 0 radical (unpaired) electrons. The summed E-state index contributed by atoms with van der Waals surface area (Å²) < 4.78 is 0. The maximum Gasteiger partial charge on any atom is 0.264 e. The molecule has 4 N–H and O–H groups in total. The minimum Gasteiger partial charge on any atom is -0.338 e. The summed E-state index contributed by atoms with van der Waals surface area (Å²) in [6, 6.07) is 3.15. The maximum absolute atomic E-state index is 11.0. The van der Waals surface area contributed by atoms with Crippen LogP contribution in [0.2, 0.25) is 0 Å². The van der Waals surface area contributed by atoms with E-state index in [0.717, 1.165) is 19.5 Å². The molecule has 0 saturated carbocycles. The molecule has 1 fully saturated rings. The van der Waals surface area contributed by atoms with Gasteiger partial charge in [0.2, 0.25) is 5.95 Å². The number of rotatable bonds is 2. The van der Waals surface area contributed by atoms with Crippen LogP contribution in [0.25, 0.3) is 11.5 Å². The molecular weight excluding hydrogens is 258 g/mol. The highest BCUT2D eigenvalue weighted by molar-refractivity contribution is 5.50. The van der Waals surface area contributed by atoms with Crippen LogP contribution in [-0.2, 0) is 0 Å². The van der Waals surface area contributed by atoms with Crippen LogP contribution in [0, 0.1) is 5.92 Å². The van der Waals surface area contributed by atoms with E-state index in [1.54, 1.807) is 6.07 Å². The predicted molar refractivity (Wildman–Crippen MR) is 74.2 cm³/mol. The third kappa shape index (κ3) is 2.42.